The van der Waals surface area contributed by atoms with Crippen molar-refractivity contribution in [3.8, 4) is 0 Å². The maximum absolute atomic E-state index is 10.9. The van der Waals surface area contributed by atoms with Gasteiger partial charge in [0.2, 0.25) is 0 Å². The Morgan fingerprint density at radius 1 is 1.47 bits per heavy atom. The fourth-order valence-electron chi connectivity index (χ4n) is 0.600. The van der Waals surface area contributed by atoms with Gasteiger partial charge in [0.1, 0.15) is 19.3 Å². The molecule has 15 heavy (non-hydrogen) atoms. The lowest BCUT2D eigenvalue weighted by atomic mass is 10.4. The molecule has 0 aliphatic heterocycles. The van der Waals surface area contributed by atoms with Crippen molar-refractivity contribution in [2.75, 3.05) is 19.1 Å². The standard InChI is InChI=1S/C9H13ClO5/c1-2-8(12)14-4-3-9(13)15-6-7(11)5-10/h2,7,11H,1,3-6H2. The highest BCUT2D eigenvalue weighted by molar-refractivity contribution is 6.18. The SMILES string of the molecule is C=CC(=O)OCCC(=O)OCC(O)CCl. The normalized spacial score (nSPS) is 11.6. The van der Waals surface area contributed by atoms with Gasteiger partial charge in [0.05, 0.1) is 12.3 Å². The molecule has 0 aliphatic carbocycles. The molecule has 1 N–H and O–H groups in total. The third kappa shape index (κ3) is 7.96. The van der Waals surface area contributed by atoms with Crippen molar-refractivity contribution in [3.63, 3.8) is 0 Å². The van der Waals surface area contributed by atoms with Gasteiger partial charge >= 0.3 is 11.9 Å². The van der Waals surface area contributed by atoms with E-state index in [-0.39, 0.29) is 25.5 Å². The molecule has 0 aromatic heterocycles. The van der Waals surface area contributed by atoms with Crippen LogP contribution in [0.1, 0.15) is 6.42 Å². The maximum atomic E-state index is 10.9. The molecule has 0 radical (unpaired) electrons. The monoisotopic (exact) mass is 236 g/mol. The van der Waals surface area contributed by atoms with Crippen LogP contribution in [0.15, 0.2) is 12.7 Å². The molecule has 0 aliphatic rings. The average Bonchev–Trinajstić information content (AvgIpc) is 2.25. The van der Waals surface area contributed by atoms with Gasteiger partial charge in [-0.3, -0.25) is 4.79 Å². The number of esters is 2. The molecule has 86 valence electrons. The fourth-order valence-corrected chi connectivity index (χ4v) is 0.689. The van der Waals surface area contributed by atoms with Gasteiger partial charge in [-0.2, -0.15) is 0 Å². The van der Waals surface area contributed by atoms with Crippen molar-refractivity contribution in [2.24, 2.45) is 0 Å². The largest absolute Gasteiger partial charge is 0.463 e. The number of carbonyl (C=O) groups excluding carboxylic acids is 2. The Kier molecular flexibility index (Phi) is 7.67. The molecule has 0 amide bonds. The minimum atomic E-state index is -0.869. The zero-order chi connectivity index (χ0) is 11.7. The molecule has 5 nitrogen and oxygen atoms in total. The first-order chi connectivity index (χ1) is 7.10. The van der Waals surface area contributed by atoms with Gasteiger partial charge < -0.3 is 14.6 Å². The summed E-state index contributed by atoms with van der Waals surface area (Å²) in [6.45, 7) is 2.97. The molecule has 0 aromatic rings. The van der Waals surface area contributed by atoms with Crippen molar-refractivity contribution in [1.82, 2.24) is 0 Å². The number of hydrogen-bond acceptors (Lipinski definition) is 5. The second-order valence-corrected chi connectivity index (χ2v) is 2.92. The molecule has 0 heterocycles. The molecular formula is C9H13ClO5. The van der Waals surface area contributed by atoms with Crippen LogP contribution in [0.25, 0.3) is 0 Å². The van der Waals surface area contributed by atoms with Crippen molar-refractivity contribution >= 4 is 23.5 Å². The van der Waals surface area contributed by atoms with E-state index >= 15 is 0 Å². The number of aliphatic hydroxyl groups is 1. The Labute approximate surface area is 92.6 Å². The van der Waals surface area contributed by atoms with Gasteiger partial charge in [0.25, 0.3) is 0 Å². The molecule has 1 unspecified atom stereocenters. The maximum Gasteiger partial charge on any atom is 0.330 e. The van der Waals surface area contributed by atoms with Crippen molar-refractivity contribution in [1.29, 1.82) is 0 Å². The summed E-state index contributed by atoms with van der Waals surface area (Å²) >= 11 is 5.28. The van der Waals surface area contributed by atoms with E-state index in [1.54, 1.807) is 0 Å². The van der Waals surface area contributed by atoms with E-state index in [0.29, 0.717) is 0 Å². The number of rotatable bonds is 7. The number of carbonyl (C=O) groups is 2. The van der Waals surface area contributed by atoms with Crippen LogP contribution in [0.3, 0.4) is 0 Å². The molecule has 0 rings (SSSR count). The summed E-state index contributed by atoms with van der Waals surface area (Å²) in [4.78, 5) is 21.5. The highest BCUT2D eigenvalue weighted by Gasteiger charge is 2.08. The van der Waals surface area contributed by atoms with Crippen LogP contribution in [0, 0.1) is 0 Å². The van der Waals surface area contributed by atoms with E-state index in [1.165, 1.54) is 0 Å². The molecule has 0 fully saturated rings. The topological polar surface area (TPSA) is 72.8 Å². The molecule has 0 spiro atoms. The zero-order valence-electron chi connectivity index (χ0n) is 8.15. The van der Waals surface area contributed by atoms with Gasteiger partial charge in [-0.1, -0.05) is 6.58 Å². The number of aliphatic hydroxyl groups excluding tert-OH is 1. The Balaban J connectivity index is 3.49. The van der Waals surface area contributed by atoms with E-state index in [4.69, 9.17) is 16.7 Å². The van der Waals surface area contributed by atoms with E-state index in [2.05, 4.69) is 16.1 Å². The molecular weight excluding hydrogens is 224 g/mol. The van der Waals surface area contributed by atoms with E-state index in [0.717, 1.165) is 6.08 Å². The number of ether oxygens (including phenoxy) is 2. The minimum Gasteiger partial charge on any atom is -0.463 e. The predicted molar refractivity (Wildman–Crippen MR) is 53.5 cm³/mol. The van der Waals surface area contributed by atoms with Crippen LogP contribution in [0.2, 0.25) is 0 Å². The number of alkyl halides is 1. The third-order valence-corrected chi connectivity index (χ3v) is 1.69. The van der Waals surface area contributed by atoms with Crippen LogP contribution >= 0.6 is 11.6 Å². The Morgan fingerprint density at radius 3 is 2.67 bits per heavy atom. The van der Waals surface area contributed by atoms with Gasteiger partial charge in [0.15, 0.2) is 0 Å². The summed E-state index contributed by atoms with van der Waals surface area (Å²) < 4.78 is 9.17. The highest BCUT2D eigenvalue weighted by Crippen LogP contribution is 1.93. The van der Waals surface area contributed by atoms with E-state index in [9.17, 15) is 9.59 Å². The van der Waals surface area contributed by atoms with Crippen molar-refractivity contribution < 1.29 is 24.2 Å². The Bertz CT molecular complexity index is 229. The Hall–Kier alpha value is -1.07. The summed E-state index contributed by atoms with van der Waals surface area (Å²) in [7, 11) is 0. The summed E-state index contributed by atoms with van der Waals surface area (Å²) in [5.41, 5.74) is 0. The van der Waals surface area contributed by atoms with Crippen molar-refractivity contribution in [2.45, 2.75) is 12.5 Å². The summed E-state index contributed by atoms with van der Waals surface area (Å²) in [6, 6.07) is 0. The minimum absolute atomic E-state index is 0.00126. The van der Waals surface area contributed by atoms with Crippen LogP contribution in [-0.4, -0.2) is 42.2 Å². The summed E-state index contributed by atoms with van der Waals surface area (Å²) in [5, 5.41) is 8.95. The van der Waals surface area contributed by atoms with Crippen molar-refractivity contribution in [3.05, 3.63) is 12.7 Å². The lowest BCUT2D eigenvalue weighted by Gasteiger charge is -2.07. The molecule has 0 bridgehead atoms. The van der Waals surface area contributed by atoms with E-state index in [1.807, 2.05) is 0 Å². The Morgan fingerprint density at radius 2 is 2.13 bits per heavy atom. The van der Waals surface area contributed by atoms with Crippen LogP contribution in [0.4, 0.5) is 0 Å². The van der Waals surface area contributed by atoms with Crippen LogP contribution < -0.4 is 0 Å². The van der Waals surface area contributed by atoms with Gasteiger partial charge in [-0.05, 0) is 0 Å². The molecule has 6 heteroatoms. The lowest BCUT2D eigenvalue weighted by Crippen LogP contribution is -2.20. The predicted octanol–water partition coefficient (Wildman–Crippen LogP) is 0.249. The average molecular weight is 237 g/mol. The van der Waals surface area contributed by atoms with Crippen LogP contribution in [0.5, 0.6) is 0 Å². The second kappa shape index (κ2) is 8.26. The van der Waals surface area contributed by atoms with Gasteiger partial charge in [-0.15, -0.1) is 11.6 Å². The first kappa shape index (κ1) is 13.9. The lowest BCUT2D eigenvalue weighted by molar-refractivity contribution is -0.149. The van der Waals surface area contributed by atoms with Crippen LogP contribution in [-0.2, 0) is 19.1 Å². The summed E-state index contributed by atoms with van der Waals surface area (Å²) in [5.74, 6) is -1.15. The second-order valence-electron chi connectivity index (χ2n) is 2.61. The van der Waals surface area contributed by atoms with E-state index < -0.39 is 18.0 Å². The number of hydrogen-bond donors (Lipinski definition) is 1. The van der Waals surface area contributed by atoms with Gasteiger partial charge in [0, 0.05) is 6.08 Å². The first-order valence-electron chi connectivity index (χ1n) is 4.29. The zero-order valence-corrected chi connectivity index (χ0v) is 8.90. The third-order valence-electron chi connectivity index (χ3n) is 1.33. The summed E-state index contributed by atoms with van der Waals surface area (Å²) in [6.07, 6.45) is 0.0725. The number of halogens is 1. The molecule has 0 aromatic carbocycles. The smallest absolute Gasteiger partial charge is 0.330 e. The molecule has 0 saturated heterocycles. The molecule has 0 saturated carbocycles. The van der Waals surface area contributed by atoms with Gasteiger partial charge in [-0.25, -0.2) is 4.79 Å². The molecule has 1 atom stereocenters. The highest BCUT2D eigenvalue weighted by atomic mass is 35.5. The quantitative estimate of drug-likeness (QED) is 0.390. The first-order valence-corrected chi connectivity index (χ1v) is 4.82. The fraction of sp³-hybridized carbons (Fsp3) is 0.556.